The molecule has 3 N–H and O–H groups in total. The highest BCUT2D eigenvalue weighted by molar-refractivity contribution is 14.0. The van der Waals surface area contributed by atoms with Crippen LogP contribution in [0.1, 0.15) is 19.4 Å². The number of nitrogens with two attached hydrogens (primary N) is 1. The summed E-state index contributed by atoms with van der Waals surface area (Å²) in [6.07, 6.45) is 1.04. The van der Waals surface area contributed by atoms with Gasteiger partial charge in [-0.15, -0.1) is 24.0 Å². The summed E-state index contributed by atoms with van der Waals surface area (Å²) in [5.41, 5.74) is 8.03. The number of guanidine groups is 1. The molecule has 5 heteroatoms. The average molecular weight is 425 g/mol. The van der Waals surface area contributed by atoms with Gasteiger partial charge in [-0.2, -0.15) is 0 Å². The number of rotatable bonds is 6. The Balaban J connectivity index is 0.00000264. The standard InChI is InChI=1S/C18H23N3O.HI/c1-14(2)22-17-10-8-15(9-11-17)12-13-20-18(19)21-16-6-4-3-5-7-16;/h3-11,14H,12-13H2,1-2H3,(H3,19,20,21);1H. The van der Waals surface area contributed by atoms with E-state index in [4.69, 9.17) is 10.5 Å². The maximum Gasteiger partial charge on any atom is 0.193 e. The van der Waals surface area contributed by atoms with Crippen LogP contribution in [0.25, 0.3) is 0 Å². The fourth-order valence-corrected chi connectivity index (χ4v) is 2.02. The van der Waals surface area contributed by atoms with Crippen LogP contribution in [0.3, 0.4) is 0 Å². The third-order valence-electron chi connectivity index (χ3n) is 3.02. The van der Waals surface area contributed by atoms with E-state index in [0.717, 1.165) is 17.9 Å². The molecule has 0 aliphatic carbocycles. The van der Waals surface area contributed by atoms with E-state index in [1.807, 2.05) is 56.3 Å². The third kappa shape index (κ3) is 7.36. The first-order chi connectivity index (χ1) is 10.6. The van der Waals surface area contributed by atoms with Crippen LogP contribution in [0.4, 0.5) is 5.69 Å². The molecule has 2 aromatic carbocycles. The van der Waals surface area contributed by atoms with E-state index in [2.05, 4.69) is 22.4 Å². The molecular weight excluding hydrogens is 401 g/mol. The van der Waals surface area contributed by atoms with Crippen LogP contribution in [0, 0.1) is 0 Å². The van der Waals surface area contributed by atoms with Crippen LogP contribution >= 0.6 is 24.0 Å². The molecule has 2 aromatic rings. The highest BCUT2D eigenvalue weighted by Gasteiger charge is 1.98. The van der Waals surface area contributed by atoms with Gasteiger partial charge in [0.1, 0.15) is 5.75 Å². The van der Waals surface area contributed by atoms with Gasteiger partial charge in [-0.1, -0.05) is 30.3 Å². The molecule has 0 saturated carbocycles. The van der Waals surface area contributed by atoms with E-state index >= 15 is 0 Å². The van der Waals surface area contributed by atoms with Crippen LogP contribution in [0.2, 0.25) is 0 Å². The fourth-order valence-electron chi connectivity index (χ4n) is 2.02. The van der Waals surface area contributed by atoms with E-state index in [0.29, 0.717) is 12.5 Å². The minimum atomic E-state index is 0. The molecule has 0 amide bonds. The minimum Gasteiger partial charge on any atom is -0.491 e. The van der Waals surface area contributed by atoms with Gasteiger partial charge in [-0.3, -0.25) is 4.99 Å². The molecule has 0 heterocycles. The smallest absolute Gasteiger partial charge is 0.193 e. The number of ether oxygens (including phenoxy) is 1. The van der Waals surface area contributed by atoms with E-state index in [1.165, 1.54) is 5.56 Å². The third-order valence-corrected chi connectivity index (χ3v) is 3.02. The zero-order valence-corrected chi connectivity index (χ0v) is 15.9. The van der Waals surface area contributed by atoms with Gasteiger partial charge in [0.05, 0.1) is 6.10 Å². The van der Waals surface area contributed by atoms with E-state index in [1.54, 1.807) is 0 Å². The fraction of sp³-hybridized carbons (Fsp3) is 0.278. The number of hydrogen-bond donors (Lipinski definition) is 2. The quantitative estimate of drug-likeness (QED) is 0.417. The van der Waals surface area contributed by atoms with Crippen LogP contribution in [0.15, 0.2) is 59.6 Å². The van der Waals surface area contributed by atoms with Crippen LogP contribution < -0.4 is 15.8 Å². The Morgan fingerprint density at radius 3 is 2.35 bits per heavy atom. The lowest BCUT2D eigenvalue weighted by atomic mass is 10.1. The maximum absolute atomic E-state index is 5.87. The second-order valence-electron chi connectivity index (χ2n) is 5.32. The topological polar surface area (TPSA) is 59.6 Å². The highest BCUT2D eigenvalue weighted by atomic mass is 127. The molecule has 0 aromatic heterocycles. The molecule has 4 nitrogen and oxygen atoms in total. The Bertz CT molecular complexity index is 597. The van der Waals surface area contributed by atoms with Crippen molar-refractivity contribution >= 4 is 35.6 Å². The Morgan fingerprint density at radius 2 is 1.74 bits per heavy atom. The van der Waals surface area contributed by atoms with Gasteiger partial charge in [0.2, 0.25) is 0 Å². The monoisotopic (exact) mass is 425 g/mol. The van der Waals surface area contributed by atoms with Crippen molar-refractivity contribution in [2.45, 2.75) is 26.4 Å². The Hall–Kier alpha value is -1.76. The van der Waals surface area contributed by atoms with Crippen LogP contribution in [-0.4, -0.2) is 18.6 Å². The summed E-state index contributed by atoms with van der Waals surface area (Å²) >= 11 is 0. The SMILES string of the molecule is CC(C)Oc1ccc(CCN=C(N)Nc2ccccc2)cc1.I. The zero-order valence-electron chi connectivity index (χ0n) is 13.5. The van der Waals surface area contributed by atoms with E-state index < -0.39 is 0 Å². The Kier molecular flexibility index (Phi) is 8.47. The molecule has 0 radical (unpaired) electrons. The number of halogens is 1. The predicted octanol–water partition coefficient (Wildman–Crippen LogP) is 4.06. The lowest BCUT2D eigenvalue weighted by Crippen LogP contribution is -2.23. The van der Waals surface area contributed by atoms with Crippen molar-refractivity contribution in [1.29, 1.82) is 0 Å². The van der Waals surface area contributed by atoms with Crippen molar-refractivity contribution < 1.29 is 4.74 Å². The van der Waals surface area contributed by atoms with Crippen molar-refractivity contribution in [1.82, 2.24) is 0 Å². The number of anilines is 1. The minimum absolute atomic E-state index is 0. The summed E-state index contributed by atoms with van der Waals surface area (Å²) < 4.78 is 5.62. The molecule has 0 aliphatic rings. The summed E-state index contributed by atoms with van der Waals surface area (Å²) in [6, 6.07) is 17.9. The molecule has 0 unspecified atom stereocenters. The van der Waals surface area contributed by atoms with Gasteiger partial charge in [0.25, 0.3) is 0 Å². The molecule has 0 atom stereocenters. The van der Waals surface area contributed by atoms with Gasteiger partial charge in [-0.05, 0) is 50.1 Å². The summed E-state index contributed by atoms with van der Waals surface area (Å²) in [5, 5.41) is 3.07. The maximum atomic E-state index is 5.87. The van der Waals surface area contributed by atoms with Gasteiger partial charge >= 0.3 is 0 Å². The Morgan fingerprint density at radius 1 is 1.09 bits per heavy atom. The molecule has 2 rings (SSSR count). The van der Waals surface area contributed by atoms with Crippen LogP contribution in [-0.2, 0) is 6.42 Å². The first-order valence-corrected chi connectivity index (χ1v) is 7.51. The highest BCUT2D eigenvalue weighted by Crippen LogP contribution is 2.14. The molecule has 0 aliphatic heterocycles. The lowest BCUT2D eigenvalue weighted by Gasteiger charge is -2.10. The summed E-state index contributed by atoms with van der Waals surface area (Å²) in [5.74, 6) is 1.33. The van der Waals surface area contributed by atoms with Crippen LogP contribution in [0.5, 0.6) is 5.75 Å². The summed E-state index contributed by atoms with van der Waals surface area (Å²) in [7, 11) is 0. The van der Waals surface area contributed by atoms with E-state index in [-0.39, 0.29) is 30.1 Å². The Labute approximate surface area is 155 Å². The molecule has 0 spiro atoms. The van der Waals surface area contributed by atoms with Crippen molar-refractivity contribution in [2.24, 2.45) is 10.7 Å². The number of aliphatic imine (C=N–C) groups is 1. The number of para-hydroxylation sites is 1. The first-order valence-electron chi connectivity index (χ1n) is 7.51. The number of benzene rings is 2. The lowest BCUT2D eigenvalue weighted by molar-refractivity contribution is 0.242. The summed E-state index contributed by atoms with van der Waals surface area (Å²) in [4.78, 5) is 4.34. The average Bonchev–Trinajstić information content (AvgIpc) is 2.49. The van der Waals surface area contributed by atoms with E-state index in [9.17, 15) is 0 Å². The molecule has 124 valence electrons. The van der Waals surface area contributed by atoms with Gasteiger partial charge in [-0.25, -0.2) is 0 Å². The van der Waals surface area contributed by atoms with Crippen molar-refractivity contribution in [3.8, 4) is 5.75 Å². The molecule has 0 bridgehead atoms. The molecule has 0 fully saturated rings. The summed E-state index contributed by atoms with van der Waals surface area (Å²) in [6.45, 7) is 4.69. The van der Waals surface area contributed by atoms with Gasteiger partial charge in [0.15, 0.2) is 5.96 Å². The molecular formula is C18H24IN3O. The molecule has 0 saturated heterocycles. The van der Waals surface area contributed by atoms with Crippen molar-refractivity contribution in [3.63, 3.8) is 0 Å². The number of nitrogens with one attached hydrogen (secondary N) is 1. The van der Waals surface area contributed by atoms with Crippen molar-refractivity contribution in [2.75, 3.05) is 11.9 Å². The zero-order chi connectivity index (χ0) is 15.8. The van der Waals surface area contributed by atoms with Gasteiger partial charge < -0.3 is 15.8 Å². The van der Waals surface area contributed by atoms with Crippen molar-refractivity contribution in [3.05, 3.63) is 60.2 Å². The van der Waals surface area contributed by atoms with Gasteiger partial charge in [0, 0.05) is 12.2 Å². The molecule has 23 heavy (non-hydrogen) atoms. The largest absolute Gasteiger partial charge is 0.491 e. The normalized spacial score (nSPS) is 11.0. The first kappa shape index (κ1) is 19.3. The second kappa shape index (κ2) is 10.1. The number of nitrogens with zero attached hydrogens (tertiary/aromatic N) is 1. The predicted molar refractivity (Wildman–Crippen MR) is 108 cm³/mol. The number of hydrogen-bond acceptors (Lipinski definition) is 2. The second-order valence-corrected chi connectivity index (χ2v) is 5.32.